The van der Waals surface area contributed by atoms with Crippen LogP contribution in [0.1, 0.15) is 40.0 Å². The van der Waals surface area contributed by atoms with E-state index in [4.69, 9.17) is 4.74 Å². The van der Waals surface area contributed by atoms with Crippen LogP contribution < -0.4 is 0 Å². The van der Waals surface area contributed by atoms with Crippen molar-refractivity contribution in [1.29, 1.82) is 0 Å². The van der Waals surface area contributed by atoms with Crippen LogP contribution in [0.2, 0.25) is 0 Å². The fourth-order valence-electron chi connectivity index (χ4n) is 1.76. The molecular formula is C10H18O2. The number of carbonyl (C=O) groups excluding carboxylic acids is 1. The van der Waals surface area contributed by atoms with Crippen molar-refractivity contribution in [3.63, 3.8) is 0 Å². The van der Waals surface area contributed by atoms with Crippen molar-refractivity contribution in [2.45, 2.75) is 45.6 Å². The highest BCUT2D eigenvalue weighted by molar-refractivity contribution is 5.89. The summed E-state index contributed by atoms with van der Waals surface area (Å²) in [4.78, 5) is 11.7. The molecule has 12 heavy (non-hydrogen) atoms. The van der Waals surface area contributed by atoms with E-state index in [-0.39, 0.29) is 17.3 Å². The van der Waals surface area contributed by atoms with Gasteiger partial charge in [0.25, 0.3) is 0 Å². The lowest BCUT2D eigenvalue weighted by atomic mass is 9.73. The van der Waals surface area contributed by atoms with E-state index in [9.17, 15) is 4.79 Å². The molecular weight excluding hydrogens is 152 g/mol. The highest BCUT2D eigenvalue weighted by atomic mass is 16.5. The summed E-state index contributed by atoms with van der Waals surface area (Å²) in [6.07, 6.45) is 2.99. The SMILES string of the molecule is CCOC1(C(=O)C(C)C)CCC1. The molecule has 0 saturated heterocycles. The average molecular weight is 170 g/mol. The number of rotatable bonds is 4. The van der Waals surface area contributed by atoms with Crippen LogP contribution in [0, 0.1) is 5.92 Å². The highest BCUT2D eigenvalue weighted by Crippen LogP contribution is 2.38. The van der Waals surface area contributed by atoms with E-state index in [1.807, 2.05) is 20.8 Å². The van der Waals surface area contributed by atoms with Crippen molar-refractivity contribution in [2.75, 3.05) is 6.61 Å². The molecule has 70 valence electrons. The van der Waals surface area contributed by atoms with Gasteiger partial charge in [0, 0.05) is 12.5 Å². The molecule has 0 amide bonds. The van der Waals surface area contributed by atoms with Gasteiger partial charge < -0.3 is 4.74 Å². The first-order valence-electron chi connectivity index (χ1n) is 4.80. The molecule has 0 N–H and O–H groups in total. The first-order valence-corrected chi connectivity index (χ1v) is 4.80. The predicted octanol–water partition coefficient (Wildman–Crippen LogP) is 2.17. The first kappa shape index (κ1) is 9.72. The molecule has 2 heteroatoms. The third-order valence-corrected chi connectivity index (χ3v) is 2.56. The minimum absolute atomic E-state index is 0.108. The molecule has 0 atom stereocenters. The highest BCUT2D eigenvalue weighted by Gasteiger charge is 2.45. The maximum atomic E-state index is 11.7. The van der Waals surface area contributed by atoms with Crippen molar-refractivity contribution in [1.82, 2.24) is 0 Å². The van der Waals surface area contributed by atoms with Crippen molar-refractivity contribution in [2.24, 2.45) is 5.92 Å². The standard InChI is InChI=1S/C10H18O2/c1-4-12-10(6-5-7-10)9(11)8(2)3/h8H,4-7H2,1-3H3. The van der Waals surface area contributed by atoms with E-state index >= 15 is 0 Å². The van der Waals surface area contributed by atoms with Gasteiger partial charge in [0.05, 0.1) is 0 Å². The van der Waals surface area contributed by atoms with Crippen LogP contribution in [-0.4, -0.2) is 18.0 Å². The zero-order valence-electron chi connectivity index (χ0n) is 8.22. The Morgan fingerprint density at radius 1 is 1.50 bits per heavy atom. The summed E-state index contributed by atoms with van der Waals surface area (Å²) >= 11 is 0. The minimum atomic E-state index is -0.386. The van der Waals surface area contributed by atoms with E-state index < -0.39 is 0 Å². The first-order chi connectivity index (χ1) is 5.62. The van der Waals surface area contributed by atoms with Gasteiger partial charge in [-0.2, -0.15) is 0 Å². The van der Waals surface area contributed by atoms with E-state index in [0.717, 1.165) is 19.3 Å². The van der Waals surface area contributed by atoms with Gasteiger partial charge in [-0.3, -0.25) is 4.79 Å². The maximum absolute atomic E-state index is 11.7. The number of hydrogen-bond donors (Lipinski definition) is 0. The van der Waals surface area contributed by atoms with Crippen LogP contribution in [0.5, 0.6) is 0 Å². The Kier molecular flexibility index (Phi) is 2.89. The quantitative estimate of drug-likeness (QED) is 0.646. The van der Waals surface area contributed by atoms with E-state index in [2.05, 4.69) is 0 Å². The number of Topliss-reactive ketones (excluding diaryl/α,β-unsaturated/α-hetero) is 1. The van der Waals surface area contributed by atoms with Crippen molar-refractivity contribution in [3.8, 4) is 0 Å². The number of hydrogen-bond acceptors (Lipinski definition) is 2. The van der Waals surface area contributed by atoms with Crippen LogP contribution in [0.15, 0.2) is 0 Å². The summed E-state index contributed by atoms with van der Waals surface area (Å²) in [7, 11) is 0. The van der Waals surface area contributed by atoms with Gasteiger partial charge in [0.15, 0.2) is 5.78 Å². The van der Waals surface area contributed by atoms with Gasteiger partial charge in [-0.1, -0.05) is 13.8 Å². The second-order valence-corrected chi connectivity index (χ2v) is 3.80. The lowest BCUT2D eigenvalue weighted by Gasteiger charge is -2.40. The molecule has 0 aromatic carbocycles. The molecule has 0 bridgehead atoms. The van der Waals surface area contributed by atoms with Crippen LogP contribution in [-0.2, 0) is 9.53 Å². The minimum Gasteiger partial charge on any atom is -0.367 e. The van der Waals surface area contributed by atoms with Crippen LogP contribution in [0.4, 0.5) is 0 Å². The topological polar surface area (TPSA) is 26.3 Å². The van der Waals surface area contributed by atoms with Gasteiger partial charge >= 0.3 is 0 Å². The molecule has 0 aromatic heterocycles. The fourth-order valence-corrected chi connectivity index (χ4v) is 1.76. The number of carbonyl (C=O) groups is 1. The second-order valence-electron chi connectivity index (χ2n) is 3.80. The molecule has 0 aliphatic heterocycles. The molecule has 0 heterocycles. The van der Waals surface area contributed by atoms with Gasteiger partial charge in [-0.25, -0.2) is 0 Å². The largest absolute Gasteiger partial charge is 0.367 e. The third kappa shape index (κ3) is 1.53. The summed E-state index contributed by atoms with van der Waals surface area (Å²) in [5, 5.41) is 0. The van der Waals surface area contributed by atoms with Gasteiger partial charge in [-0.15, -0.1) is 0 Å². The Morgan fingerprint density at radius 3 is 2.33 bits per heavy atom. The summed E-state index contributed by atoms with van der Waals surface area (Å²) in [5.74, 6) is 0.396. The molecule has 1 rings (SSSR count). The lowest BCUT2D eigenvalue weighted by Crippen LogP contribution is -2.49. The monoisotopic (exact) mass is 170 g/mol. The summed E-state index contributed by atoms with van der Waals surface area (Å²) in [5.41, 5.74) is -0.386. The molecule has 1 saturated carbocycles. The molecule has 1 aliphatic rings. The van der Waals surface area contributed by atoms with E-state index in [1.54, 1.807) is 0 Å². The van der Waals surface area contributed by atoms with Gasteiger partial charge in [-0.05, 0) is 26.2 Å². The van der Waals surface area contributed by atoms with Crippen molar-refractivity contribution >= 4 is 5.78 Å². The lowest BCUT2D eigenvalue weighted by molar-refractivity contribution is -0.160. The van der Waals surface area contributed by atoms with Crippen molar-refractivity contribution in [3.05, 3.63) is 0 Å². The van der Waals surface area contributed by atoms with Crippen LogP contribution >= 0.6 is 0 Å². The zero-order chi connectivity index (χ0) is 9.19. The maximum Gasteiger partial charge on any atom is 0.167 e. The predicted molar refractivity (Wildman–Crippen MR) is 48.1 cm³/mol. The summed E-state index contributed by atoms with van der Waals surface area (Å²) < 4.78 is 5.54. The Morgan fingerprint density at radius 2 is 2.08 bits per heavy atom. The van der Waals surface area contributed by atoms with E-state index in [1.165, 1.54) is 0 Å². The number of ketones is 1. The third-order valence-electron chi connectivity index (χ3n) is 2.56. The van der Waals surface area contributed by atoms with Gasteiger partial charge in [0.1, 0.15) is 5.60 Å². The second kappa shape index (κ2) is 3.56. The van der Waals surface area contributed by atoms with Crippen LogP contribution in [0.3, 0.4) is 0 Å². The molecule has 0 radical (unpaired) electrons. The normalized spacial score (nSPS) is 20.7. The molecule has 2 nitrogen and oxygen atoms in total. The molecule has 0 unspecified atom stereocenters. The van der Waals surface area contributed by atoms with Crippen molar-refractivity contribution < 1.29 is 9.53 Å². The Labute approximate surface area is 74.3 Å². The molecule has 1 fully saturated rings. The Balaban J connectivity index is 2.60. The van der Waals surface area contributed by atoms with E-state index in [0.29, 0.717) is 6.61 Å². The smallest absolute Gasteiger partial charge is 0.167 e. The fraction of sp³-hybridized carbons (Fsp3) is 0.900. The molecule has 0 aromatic rings. The van der Waals surface area contributed by atoms with Gasteiger partial charge in [0.2, 0.25) is 0 Å². The molecule has 0 spiro atoms. The Bertz CT molecular complexity index is 169. The van der Waals surface area contributed by atoms with Crippen LogP contribution in [0.25, 0.3) is 0 Å². The summed E-state index contributed by atoms with van der Waals surface area (Å²) in [6.45, 7) is 6.50. The average Bonchev–Trinajstić information content (AvgIpc) is 1.95. The Hall–Kier alpha value is -0.370. The zero-order valence-corrected chi connectivity index (χ0v) is 8.22. The number of ether oxygens (including phenoxy) is 1. The molecule has 1 aliphatic carbocycles. The summed E-state index contributed by atoms with van der Waals surface area (Å²) in [6, 6.07) is 0.